The molecule has 1 aliphatic heterocycles. The van der Waals surface area contributed by atoms with Crippen LogP contribution in [0, 0.1) is 0 Å². The second-order valence-corrected chi connectivity index (χ2v) is 3.85. The number of nitrogens with one attached hydrogen (secondary N) is 1. The largest absolute Gasteiger partial charge is 0.465 e. The molecule has 1 N–H and O–H groups in total. The van der Waals surface area contributed by atoms with Crippen LogP contribution < -0.4 is 5.32 Å². The molecule has 4 heteroatoms. The van der Waals surface area contributed by atoms with E-state index >= 15 is 0 Å². The standard InChI is InChI=1S/C12H13NO3/c1-3-16-11(15)12(2)8-6-4-5-7-9(8)13-10(12)14/h4-7H,3H2,1-2H3,(H,13,14)/t12-/m0/s1. The number of carbonyl (C=O) groups excluding carboxylic acids is 2. The van der Waals surface area contributed by atoms with Crippen LogP contribution in [0.2, 0.25) is 0 Å². The Morgan fingerprint density at radius 1 is 1.44 bits per heavy atom. The topological polar surface area (TPSA) is 55.4 Å². The maximum Gasteiger partial charge on any atom is 0.326 e. The van der Waals surface area contributed by atoms with E-state index in [1.165, 1.54) is 0 Å². The number of hydrogen-bond acceptors (Lipinski definition) is 3. The number of amides is 1. The van der Waals surface area contributed by atoms with Gasteiger partial charge in [0.1, 0.15) is 0 Å². The molecule has 84 valence electrons. The first-order valence-electron chi connectivity index (χ1n) is 5.19. The fourth-order valence-corrected chi connectivity index (χ4v) is 1.88. The highest BCUT2D eigenvalue weighted by atomic mass is 16.5. The van der Waals surface area contributed by atoms with Gasteiger partial charge < -0.3 is 10.1 Å². The Morgan fingerprint density at radius 2 is 2.12 bits per heavy atom. The molecule has 1 amide bonds. The molecule has 4 nitrogen and oxygen atoms in total. The normalized spacial score (nSPS) is 22.5. The Kier molecular flexibility index (Phi) is 2.42. The highest BCUT2D eigenvalue weighted by Crippen LogP contribution is 2.38. The van der Waals surface area contributed by atoms with Gasteiger partial charge in [-0.25, -0.2) is 0 Å². The first-order chi connectivity index (χ1) is 7.60. The monoisotopic (exact) mass is 219 g/mol. The molecule has 0 saturated carbocycles. The van der Waals surface area contributed by atoms with Gasteiger partial charge in [0.05, 0.1) is 6.61 Å². The van der Waals surface area contributed by atoms with Gasteiger partial charge in [-0.3, -0.25) is 9.59 Å². The van der Waals surface area contributed by atoms with E-state index in [0.717, 1.165) is 0 Å². The van der Waals surface area contributed by atoms with Gasteiger partial charge in [0.15, 0.2) is 5.41 Å². The Hall–Kier alpha value is -1.84. The van der Waals surface area contributed by atoms with E-state index in [-0.39, 0.29) is 12.5 Å². The minimum atomic E-state index is -1.22. The maximum absolute atomic E-state index is 11.9. The summed E-state index contributed by atoms with van der Waals surface area (Å²) in [5.41, 5.74) is 0.147. The lowest BCUT2D eigenvalue weighted by Crippen LogP contribution is -2.40. The van der Waals surface area contributed by atoms with Gasteiger partial charge in [0, 0.05) is 11.3 Å². The fraction of sp³-hybridized carbons (Fsp3) is 0.333. The molecule has 0 bridgehead atoms. The third-order valence-electron chi connectivity index (χ3n) is 2.85. The number of para-hydroxylation sites is 1. The quantitative estimate of drug-likeness (QED) is 0.605. The highest BCUT2D eigenvalue weighted by Gasteiger charge is 2.50. The van der Waals surface area contributed by atoms with Crippen LogP contribution in [0.3, 0.4) is 0 Å². The van der Waals surface area contributed by atoms with Crippen molar-refractivity contribution in [2.45, 2.75) is 19.3 Å². The number of benzene rings is 1. The minimum absolute atomic E-state index is 0.268. The molecule has 1 aromatic carbocycles. The molecule has 0 aliphatic carbocycles. The van der Waals surface area contributed by atoms with Crippen molar-refractivity contribution in [2.75, 3.05) is 11.9 Å². The number of esters is 1. The van der Waals surface area contributed by atoms with Crippen molar-refractivity contribution in [3.05, 3.63) is 29.8 Å². The molecule has 1 heterocycles. The van der Waals surface area contributed by atoms with Crippen molar-refractivity contribution in [3.8, 4) is 0 Å². The zero-order valence-electron chi connectivity index (χ0n) is 9.24. The van der Waals surface area contributed by atoms with Crippen molar-refractivity contribution in [1.82, 2.24) is 0 Å². The molecule has 1 atom stereocenters. The predicted molar refractivity (Wildman–Crippen MR) is 59.1 cm³/mol. The predicted octanol–water partition coefficient (Wildman–Crippen LogP) is 1.46. The number of fused-ring (bicyclic) bond motifs is 1. The number of rotatable bonds is 2. The summed E-state index contributed by atoms with van der Waals surface area (Å²) in [6, 6.07) is 7.16. The summed E-state index contributed by atoms with van der Waals surface area (Å²) in [6.07, 6.45) is 0. The first kappa shape index (κ1) is 10.7. The lowest BCUT2D eigenvalue weighted by atomic mass is 9.84. The van der Waals surface area contributed by atoms with E-state index < -0.39 is 11.4 Å². The summed E-state index contributed by atoms with van der Waals surface area (Å²) in [5, 5.41) is 2.69. The average Bonchev–Trinajstić information content (AvgIpc) is 2.53. The van der Waals surface area contributed by atoms with Crippen molar-refractivity contribution >= 4 is 17.6 Å². The van der Waals surface area contributed by atoms with Gasteiger partial charge in [0.25, 0.3) is 0 Å². The van der Waals surface area contributed by atoms with E-state index in [0.29, 0.717) is 11.3 Å². The number of hydrogen-bond donors (Lipinski definition) is 1. The van der Waals surface area contributed by atoms with Gasteiger partial charge in [-0.05, 0) is 19.9 Å². The fourth-order valence-electron chi connectivity index (χ4n) is 1.88. The van der Waals surface area contributed by atoms with Gasteiger partial charge >= 0.3 is 5.97 Å². The van der Waals surface area contributed by atoms with Crippen molar-refractivity contribution in [2.24, 2.45) is 0 Å². The lowest BCUT2D eigenvalue weighted by Gasteiger charge is -2.19. The smallest absolute Gasteiger partial charge is 0.326 e. The molecule has 1 aliphatic rings. The molecule has 1 aromatic rings. The zero-order chi connectivity index (χ0) is 11.8. The SMILES string of the molecule is CCOC(=O)[C@]1(C)C(=O)Nc2ccccc21. The summed E-state index contributed by atoms with van der Waals surface area (Å²) in [7, 11) is 0. The van der Waals surface area contributed by atoms with Crippen LogP contribution in [0.15, 0.2) is 24.3 Å². The summed E-state index contributed by atoms with van der Waals surface area (Å²) in [4.78, 5) is 23.7. The summed E-state index contributed by atoms with van der Waals surface area (Å²) >= 11 is 0. The van der Waals surface area contributed by atoms with E-state index in [1.54, 1.807) is 32.0 Å². The lowest BCUT2D eigenvalue weighted by molar-refractivity contribution is -0.152. The number of ether oxygens (including phenoxy) is 1. The molecule has 0 aromatic heterocycles. The van der Waals surface area contributed by atoms with Gasteiger partial charge in [-0.2, -0.15) is 0 Å². The van der Waals surface area contributed by atoms with Crippen LogP contribution in [0.25, 0.3) is 0 Å². The molecular weight excluding hydrogens is 206 g/mol. The molecule has 0 fully saturated rings. The van der Waals surface area contributed by atoms with Crippen molar-refractivity contribution in [1.29, 1.82) is 0 Å². The summed E-state index contributed by atoms with van der Waals surface area (Å²) in [5.74, 6) is -0.829. The zero-order valence-corrected chi connectivity index (χ0v) is 9.24. The Balaban J connectivity index is 2.48. The van der Waals surface area contributed by atoms with Gasteiger partial charge in [-0.15, -0.1) is 0 Å². The third-order valence-corrected chi connectivity index (χ3v) is 2.85. The van der Waals surface area contributed by atoms with E-state index in [1.807, 2.05) is 6.07 Å². The van der Waals surface area contributed by atoms with Crippen LogP contribution in [-0.4, -0.2) is 18.5 Å². The Labute approximate surface area is 93.6 Å². The van der Waals surface area contributed by atoms with Gasteiger partial charge in [-0.1, -0.05) is 18.2 Å². The molecular formula is C12H13NO3. The second-order valence-electron chi connectivity index (χ2n) is 3.85. The molecule has 0 spiro atoms. The van der Waals surface area contributed by atoms with Crippen LogP contribution in [-0.2, 0) is 19.7 Å². The highest BCUT2D eigenvalue weighted by molar-refractivity contribution is 6.18. The number of anilines is 1. The van der Waals surface area contributed by atoms with Crippen LogP contribution >= 0.6 is 0 Å². The van der Waals surface area contributed by atoms with Gasteiger partial charge in [0.2, 0.25) is 5.91 Å². The maximum atomic E-state index is 11.9. The first-order valence-corrected chi connectivity index (χ1v) is 5.19. The molecule has 2 rings (SSSR count). The van der Waals surface area contributed by atoms with Crippen LogP contribution in [0.4, 0.5) is 5.69 Å². The molecule has 16 heavy (non-hydrogen) atoms. The minimum Gasteiger partial charge on any atom is -0.465 e. The van der Waals surface area contributed by atoms with Crippen molar-refractivity contribution < 1.29 is 14.3 Å². The third kappa shape index (κ3) is 1.30. The average molecular weight is 219 g/mol. The summed E-state index contributed by atoms with van der Waals surface area (Å²) < 4.78 is 4.96. The summed E-state index contributed by atoms with van der Waals surface area (Å²) in [6.45, 7) is 3.58. The molecule has 0 unspecified atom stereocenters. The van der Waals surface area contributed by atoms with Crippen molar-refractivity contribution in [3.63, 3.8) is 0 Å². The van der Waals surface area contributed by atoms with Crippen LogP contribution in [0.1, 0.15) is 19.4 Å². The number of carbonyl (C=O) groups is 2. The Bertz CT molecular complexity index is 455. The van der Waals surface area contributed by atoms with E-state index in [9.17, 15) is 9.59 Å². The second kappa shape index (κ2) is 3.63. The van der Waals surface area contributed by atoms with E-state index in [4.69, 9.17) is 4.74 Å². The molecule has 0 radical (unpaired) electrons. The van der Waals surface area contributed by atoms with Crippen LogP contribution in [0.5, 0.6) is 0 Å². The van der Waals surface area contributed by atoms with E-state index in [2.05, 4.69) is 5.32 Å². The Morgan fingerprint density at radius 3 is 2.81 bits per heavy atom. The molecule has 0 saturated heterocycles.